The summed E-state index contributed by atoms with van der Waals surface area (Å²) in [5.41, 5.74) is 0.866. The molecule has 0 spiro atoms. The van der Waals surface area contributed by atoms with Crippen molar-refractivity contribution in [3.63, 3.8) is 0 Å². The van der Waals surface area contributed by atoms with Crippen LogP contribution in [0.15, 0.2) is 18.6 Å². The Morgan fingerprint density at radius 1 is 1.50 bits per heavy atom. The zero-order valence-corrected chi connectivity index (χ0v) is 6.11. The highest BCUT2D eigenvalue weighted by Crippen LogP contribution is 2.09. The molecule has 3 heteroatoms. The normalized spacial score (nSPS) is 13.0. The van der Waals surface area contributed by atoms with Crippen molar-refractivity contribution in [2.24, 2.45) is 0 Å². The number of hydrogen-bond donors (Lipinski definition) is 0. The van der Waals surface area contributed by atoms with Crippen molar-refractivity contribution < 1.29 is 4.74 Å². The third-order valence-electron chi connectivity index (χ3n) is 1.35. The highest BCUT2D eigenvalue weighted by Gasteiger charge is 2.02. The molecular formula is C7H10N2O. The maximum atomic E-state index is 5.03. The van der Waals surface area contributed by atoms with E-state index in [1.807, 2.05) is 6.92 Å². The molecule has 0 radical (unpaired) electrons. The Balaban J connectivity index is 2.75. The molecule has 0 N–H and O–H groups in total. The van der Waals surface area contributed by atoms with Crippen molar-refractivity contribution in [1.29, 1.82) is 0 Å². The second kappa shape index (κ2) is 3.27. The lowest BCUT2D eigenvalue weighted by molar-refractivity contribution is 0.115. The maximum Gasteiger partial charge on any atom is 0.0978 e. The summed E-state index contributed by atoms with van der Waals surface area (Å²) in [6, 6.07) is 0. The summed E-state index contributed by atoms with van der Waals surface area (Å²) >= 11 is 0. The Morgan fingerprint density at radius 2 is 2.30 bits per heavy atom. The summed E-state index contributed by atoms with van der Waals surface area (Å²) < 4.78 is 5.03. The van der Waals surface area contributed by atoms with Crippen LogP contribution >= 0.6 is 0 Å². The average Bonchev–Trinajstić information content (AvgIpc) is 2.05. The first-order chi connectivity index (χ1) is 4.84. The first-order valence-corrected chi connectivity index (χ1v) is 3.13. The quantitative estimate of drug-likeness (QED) is 0.615. The minimum absolute atomic E-state index is 0.0358. The third kappa shape index (κ3) is 1.51. The Morgan fingerprint density at radius 3 is 2.80 bits per heavy atom. The molecule has 1 aromatic rings. The molecule has 0 aromatic carbocycles. The van der Waals surface area contributed by atoms with Crippen molar-refractivity contribution in [2.75, 3.05) is 7.11 Å². The van der Waals surface area contributed by atoms with Gasteiger partial charge in [0.25, 0.3) is 0 Å². The maximum absolute atomic E-state index is 5.03. The van der Waals surface area contributed by atoms with Gasteiger partial charge in [-0.15, -0.1) is 0 Å². The summed E-state index contributed by atoms with van der Waals surface area (Å²) in [5, 5.41) is 0. The predicted octanol–water partition coefficient (Wildman–Crippen LogP) is 1.18. The minimum Gasteiger partial charge on any atom is -0.375 e. The summed E-state index contributed by atoms with van der Waals surface area (Å²) in [4.78, 5) is 7.97. The molecule has 0 bridgehead atoms. The lowest BCUT2D eigenvalue weighted by Gasteiger charge is -2.05. The van der Waals surface area contributed by atoms with Crippen LogP contribution in [-0.4, -0.2) is 17.1 Å². The van der Waals surface area contributed by atoms with Gasteiger partial charge in [-0.2, -0.15) is 0 Å². The van der Waals surface area contributed by atoms with Gasteiger partial charge in [-0.25, -0.2) is 0 Å². The molecule has 1 atom stereocenters. The monoisotopic (exact) mass is 138 g/mol. The average molecular weight is 138 g/mol. The van der Waals surface area contributed by atoms with E-state index in [0.717, 1.165) is 5.69 Å². The molecule has 10 heavy (non-hydrogen) atoms. The van der Waals surface area contributed by atoms with Gasteiger partial charge in [0.2, 0.25) is 0 Å². The molecule has 0 aliphatic heterocycles. The van der Waals surface area contributed by atoms with Crippen molar-refractivity contribution in [1.82, 2.24) is 9.97 Å². The molecule has 0 aliphatic rings. The van der Waals surface area contributed by atoms with E-state index in [2.05, 4.69) is 9.97 Å². The molecule has 1 heterocycles. The van der Waals surface area contributed by atoms with Crippen molar-refractivity contribution >= 4 is 0 Å². The van der Waals surface area contributed by atoms with Gasteiger partial charge < -0.3 is 4.74 Å². The number of ether oxygens (including phenoxy) is 1. The van der Waals surface area contributed by atoms with Gasteiger partial charge in [0.15, 0.2) is 0 Å². The number of nitrogens with zero attached hydrogens (tertiary/aromatic N) is 2. The van der Waals surface area contributed by atoms with E-state index in [1.54, 1.807) is 25.7 Å². The molecule has 1 rings (SSSR count). The molecule has 3 nitrogen and oxygen atoms in total. The molecule has 0 saturated heterocycles. The highest BCUT2D eigenvalue weighted by molar-refractivity contribution is 4.97. The molecule has 54 valence electrons. The Labute approximate surface area is 60.1 Å². The zero-order chi connectivity index (χ0) is 7.40. The molecule has 0 aliphatic carbocycles. The van der Waals surface area contributed by atoms with Crippen molar-refractivity contribution in [3.8, 4) is 0 Å². The van der Waals surface area contributed by atoms with Crippen LogP contribution in [0.1, 0.15) is 18.7 Å². The standard InChI is InChI=1S/C7H10N2O/c1-6(10-2)7-5-8-3-4-9-7/h3-6H,1-2H3. The lowest BCUT2D eigenvalue weighted by Crippen LogP contribution is -1.98. The smallest absolute Gasteiger partial charge is 0.0978 e. The molecule has 0 saturated carbocycles. The molecular weight excluding hydrogens is 128 g/mol. The first-order valence-electron chi connectivity index (χ1n) is 3.13. The Bertz CT molecular complexity index is 188. The van der Waals surface area contributed by atoms with Crippen molar-refractivity contribution in [2.45, 2.75) is 13.0 Å². The summed E-state index contributed by atoms with van der Waals surface area (Å²) in [6.45, 7) is 1.93. The van der Waals surface area contributed by atoms with E-state index in [0.29, 0.717) is 0 Å². The van der Waals surface area contributed by atoms with Crippen LogP contribution in [0.5, 0.6) is 0 Å². The molecule has 0 amide bonds. The lowest BCUT2D eigenvalue weighted by atomic mass is 10.3. The second-order valence-corrected chi connectivity index (χ2v) is 2.01. The van der Waals surface area contributed by atoms with E-state index in [-0.39, 0.29) is 6.10 Å². The minimum atomic E-state index is 0.0358. The van der Waals surface area contributed by atoms with Gasteiger partial charge in [0.1, 0.15) is 0 Å². The molecule has 1 unspecified atom stereocenters. The SMILES string of the molecule is COC(C)c1cnccn1. The van der Waals surface area contributed by atoms with Gasteiger partial charge in [0.05, 0.1) is 18.0 Å². The second-order valence-electron chi connectivity index (χ2n) is 2.01. The van der Waals surface area contributed by atoms with E-state index in [1.165, 1.54) is 0 Å². The van der Waals surface area contributed by atoms with E-state index < -0.39 is 0 Å². The van der Waals surface area contributed by atoms with Crippen molar-refractivity contribution in [3.05, 3.63) is 24.3 Å². The number of hydrogen-bond acceptors (Lipinski definition) is 3. The van der Waals surface area contributed by atoms with E-state index >= 15 is 0 Å². The number of methoxy groups -OCH3 is 1. The third-order valence-corrected chi connectivity index (χ3v) is 1.35. The van der Waals surface area contributed by atoms with Crippen LogP contribution in [-0.2, 0) is 4.74 Å². The fourth-order valence-corrected chi connectivity index (χ4v) is 0.641. The zero-order valence-electron chi connectivity index (χ0n) is 6.11. The number of rotatable bonds is 2. The first kappa shape index (κ1) is 7.15. The van der Waals surface area contributed by atoms with Crippen LogP contribution in [0.3, 0.4) is 0 Å². The van der Waals surface area contributed by atoms with Crippen LogP contribution in [0, 0.1) is 0 Å². The largest absolute Gasteiger partial charge is 0.375 e. The van der Waals surface area contributed by atoms with Gasteiger partial charge >= 0.3 is 0 Å². The molecule has 1 aromatic heterocycles. The number of aromatic nitrogens is 2. The topological polar surface area (TPSA) is 35.0 Å². The predicted molar refractivity (Wildman–Crippen MR) is 37.5 cm³/mol. The summed E-state index contributed by atoms with van der Waals surface area (Å²) in [6.07, 6.45) is 5.04. The van der Waals surface area contributed by atoms with Gasteiger partial charge in [-0.05, 0) is 6.92 Å². The van der Waals surface area contributed by atoms with Crippen LogP contribution in [0.4, 0.5) is 0 Å². The molecule has 0 fully saturated rings. The Hall–Kier alpha value is -0.960. The highest BCUT2D eigenvalue weighted by atomic mass is 16.5. The van der Waals surface area contributed by atoms with Gasteiger partial charge in [0, 0.05) is 19.5 Å². The summed E-state index contributed by atoms with van der Waals surface area (Å²) in [5.74, 6) is 0. The summed E-state index contributed by atoms with van der Waals surface area (Å²) in [7, 11) is 1.65. The fraction of sp³-hybridized carbons (Fsp3) is 0.429. The van der Waals surface area contributed by atoms with Crippen LogP contribution < -0.4 is 0 Å². The van der Waals surface area contributed by atoms with Gasteiger partial charge in [-0.1, -0.05) is 0 Å². The van der Waals surface area contributed by atoms with E-state index in [4.69, 9.17) is 4.74 Å². The van der Waals surface area contributed by atoms with E-state index in [9.17, 15) is 0 Å². The van der Waals surface area contributed by atoms with Gasteiger partial charge in [-0.3, -0.25) is 9.97 Å². The van der Waals surface area contributed by atoms with Crippen LogP contribution in [0.25, 0.3) is 0 Å². The van der Waals surface area contributed by atoms with Crippen LogP contribution in [0.2, 0.25) is 0 Å². The Kier molecular flexibility index (Phi) is 2.34. The fourth-order valence-electron chi connectivity index (χ4n) is 0.641.